The van der Waals surface area contributed by atoms with E-state index in [-0.39, 0.29) is 16.9 Å². The van der Waals surface area contributed by atoms with E-state index >= 15 is 0 Å². The molecule has 1 aliphatic carbocycles. The summed E-state index contributed by atoms with van der Waals surface area (Å²) in [6.07, 6.45) is 3.78. The molecule has 3 heteroatoms. The van der Waals surface area contributed by atoms with Crippen LogP contribution in [0.25, 0.3) is 0 Å². The quantitative estimate of drug-likeness (QED) is 0.831. The first-order chi connectivity index (χ1) is 7.16. The Kier molecular flexibility index (Phi) is 3.27. The summed E-state index contributed by atoms with van der Waals surface area (Å²) in [6, 6.07) is 5.81. The lowest BCUT2D eigenvalue weighted by Gasteiger charge is -2.30. The molecule has 1 nitrogen and oxygen atoms in total. The number of nitrogens with one attached hydrogen (secondary N) is 1. The van der Waals surface area contributed by atoms with Crippen molar-refractivity contribution in [3.8, 4) is 0 Å². The van der Waals surface area contributed by atoms with E-state index in [1.165, 1.54) is 25.3 Å². The molecule has 1 atom stereocenters. The Labute approximate surface area is 94.6 Å². The maximum absolute atomic E-state index is 13.2. The highest BCUT2D eigenvalue weighted by Crippen LogP contribution is 2.24. The Morgan fingerprint density at radius 1 is 1.47 bits per heavy atom. The van der Waals surface area contributed by atoms with Crippen LogP contribution in [0.4, 0.5) is 4.39 Å². The first-order valence-electron chi connectivity index (χ1n) is 5.38. The first-order valence-corrected chi connectivity index (χ1v) is 5.75. The van der Waals surface area contributed by atoms with E-state index in [4.69, 9.17) is 11.6 Å². The summed E-state index contributed by atoms with van der Waals surface area (Å²) < 4.78 is 13.2. The molecule has 1 saturated carbocycles. The minimum absolute atomic E-state index is 0.189. The molecule has 1 fully saturated rings. The number of hydrogen-bond donors (Lipinski definition) is 1. The van der Waals surface area contributed by atoms with Crippen LogP contribution in [0.15, 0.2) is 18.2 Å². The topological polar surface area (TPSA) is 12.0 Å². The molecule has 0 heterocycles. The molecule has 82 valence electrons. The molecule has 1 aromatic carbocycles. The molecule has 1 aromatic rings. The lowest BCUT2D eigenvalue weighted by atomic mass is 9.92. The fraction of sp³-hybridized carbons (Fsp3) is 0.500. The molecule has 0 saturated heterocycles. The maximum Gasteiger partial charge on any atom is 0.142 e. The molecule has 1 N–H and O–H groups in total. The standard InChI is InChI=1S/C12H15ClFN/c1-8(15-10-3-2-4-10)9-5-6-11(13)12(14)7-9/h5-8,10,15H,2-4H2,1H3. The fourth-order valence-corrected chi connectivity index (χ4v) is 1.92. The van der Waals surface area contributed by atoms with Crippen molar-refractivity contribution in [2.24, 2.45) is 0 Å². The van der Waals surface area contributed by atoms with Crippen molar-refractivity contribution in [1.82, 2.24) is 5.32 Å². The molecular weight excluding hydrogens is 213 g/mol. The molecular formula is C12H15ClFN. The van der Waals surface area contributed by atoms with Crippen LogP contribution in [-0.4, -0.2) is 6.04 Å². The van der Waals surface area contributed by atoms with E-state index in [1.54, 1.807) is 6.07 Å². The van der Waals surface area contributed by atoms with Crippen LogP contribution < -0.4 is 5.32 Å². The number of benzene rings is 1. The third kappa shape index (κ3) is 2.50. The fourth-order valence-electron chi connectivity index (χ4n) is 1.81. The van der Waals surface area contributed by atoms with Gasteiger partial charge in [0, 0.05) is 12.1 Å². The van der Waals surface area contributed by atoms with Crippen LogP contribution in [0.2, 0.25) is 5.02 Å². The molecule has 0 aromatic heterocycles. The Hall–Kier alpha value is -0.600. The molecule has 1 unspecified atom stereocenters. The zero-order valence-corrected chi connectivity index (χ0v) is 9.52. The molecule has 15 heavy (non-hydrogen) atoms. The summed E-state index contributed by atoms with van der Waals surface area (Å²) >= 11 is 5.63. The van der Waals surface area contributed by atoms with Gasteiger partial charge in [-0.05, 0) is 37.5 Å². The average molecular weight is 228 g/mol. The minimum atomic E-state index is -0.337. The van der Waals surface area contributed by atoms with Crippen LogP contribution in [0.3, 0.4) is 0 Å². The van der Waals surface area contributed by atoms with E-state index in [0.29, 0.717) is 6.04 Å². The Morgan fingerprint density at radius 3 is 2.73 bits per heavy atom. The second-order valence-electron chi connectivity index (χ2n) is 4.19. The van der Waals surface area contributed by atoms with Gasteiger partial charge in [-0.15, -0.1) is 0 Å². The smallest absolute Gasteiger partial charge is 0.142 e. The Balaban J connectivity index is 2.03. The van der Waals surface area contributed by atoms with Crippen molar-refractivity contribution >= 4 is 11.6 Å². The number of halogens is 2. The van der Waals surface area contributed by atoms with E-state index in [0.717, 1.165) is 5.56 Å². The average Bonchev–Trinajstić information content (AvgIpc) is 2.15. The minimum Gasteiger partial charge on any atom is -0.307 e. The van der Waals surface area contributed by atoms with Gasteiger partial charge in [0.2, 0.25) is 0 Å². The molecule has 0 aliphatic heterocycles. The van der Waals surface area contributed by atoms with Crippen LogP contribution in [0.5, 0.6) is 0 Å². The van der Waals surface area contributed by atoms with Crippen LogP contribution in [0.1, 0.15) is 37.8 Å². The SMILES string of the molecule is CC(NC1CCC1)c1ccc(Cl)c(F)c1. The lowest BCUT2D eigenvalue weighted by Crippen LogP contribution is -2.36. The van der Waals surface area contributed by atoms with Crippen molar-refractivity contribution in [3.05, 3.63) is 34.6 Å². The predicted molar refractivity (Wildman–Crippen MR) is 60.6 cm³/mol. The summed E-state index contributed by atoms with van der Waals surface area (Å²) in [5.74, 6) is -0.337. The molecule has 1 aliphatic rings. The molecule has 2 rings (SSSR count). The van der Waals surface area contributed by atoms with E-state index in [1.807, 2.05) is 6.07 Å². The lowest BCUT2D eigenvalue weighted by molar-refractivity contribution is 0.313. The van der Waals surface area contributed by atoms with Crippen LogP contribution in [-0.2, 0) is 0 Å². The number of rotatable bonds is 3. The van der Waals surface area contributed by atoms with Crippen LogP contribution in [0, 0.1) is 5.82 Å². The second kappa shape index (κ2) is 4.50. The zero-order valence-electron chi connectivity index (χ0n) is 8.76. The van der Waals surface area contributed by atoms with Gasteiger partial charge >= 0.3 is 0 Å². The number of hydrogen-bond acceptors (Lipinski definition) is 1. The van der Waals surface area contributed by atoms with Gasteiger partial charge in [0.1, 0.15) is 5.82 Å². The zero-order chi connectivity index (χ0) is 10.8. The summed E-state index contributed by atoms with van der Waals surface area (Å²) in [5, 5.41) is 3.66. The van der Waals surface area contributed by atoms with E-state index in [2.05, 4.69) is 12.2 Å². The summed E-state index contributed by atoms with van der Waals surface area (Å²) in [4.78, 5) is 0. The van der Waals surface area contributed by atoms with Crippen molar-refractivity contribution in [2.45, 2.75) is 38.3 Å². The third-order valence-corrected chi connectivity index (χ3v) is 3.34. The highest BCUT2D eigenvalue weighted by Gasteiger charge is 2.19. The van der Waals surface area contributed by atoms with Crippen molar-refractivity contribution < 1.29 is 4.39 Å². The van der Waals surface area contributed by atoms with E-state index < -0.39 is 0 Å². The normalized spacial score (nSPS) is 18.6. The highest BCUT2D eigenvalue weighted by molar-refractivity contribution is 6.30. The monoisotopic (exact) mass is 227 g/mol. The summed E-state index contributed by atoms with van der Waals surface area (Å²) in [7, 11) is 0. The van der Waals surface area contributed by atoms with Gasteiger partial charge in [-0.25, -0.2) is 4.39 Å². The second-order valence-corrected chi connectivity index (χ2v) is 4.60. The van der Waals surface area contributed by atoms with Crippen LogP contribution >= 0.6 is 11.6 Å². The molecule has 0 radical (unpaired) electrons. The first kappa shape index (κ1) is 10.9. The van der Waals surface area contributed by atoms with Gasteiger partial charge < -0.3 is 5.32 Å². The maximum atomic E-state index is 13.2. The van der Waals surface area contributed by atoms with Gasteiger partial charge in [-0.2, -0.15) is 0 Å². The van der Waals surface area contributed by atoms with Gasteiger partial charge in [0.05, 0.1) is 5.02 Å². The third-order valence-electron chi connectivity index (χ3n) is 3.03. The van der Waals surface area contributed by atoms with Gasteiger partial charge in [0.15, 0.2) is 0 Å². The largest absolute Gasteiger partial charge is 0.307 e. The summed E-state index contributed by atoms with van der Waals surface area (Å²) in [5.41, 5.74) is 0.962. The van der Waals surface area contributed by atoms with Gasteiger partial charge in [0.25, 0.3) is 0 Å². The Morgan fingerprint density at radius 2 is 2.20 bits per heavy atom. The molecule has 0 spiro atoms. The van der Waals surface area contributed by atoms with E-state index in [9.17, 15) is 4.39 Å². The van der Waals surface area contributed by atoms with Crippen molar-refractivity contribution in [3.63, 3.8) is 0 Å². The van der Waals surface area contributed by atoms with Crippen molar-refractivity contribution in [2.75, 3.05) is 0 Å². The predicted octanol–water partition coefficient (Wildman–Crippen LogP) is 3.68. The Bertz CT molecular complexity index is 349. The van der Waals surface area contributed by atoms with Gasteiger partial charge in [-0.3, -0.25) is 0 Å². The highest BCUT2D eigenvalue weighted by atomic mass is 35.5. The van der Waals surface area contributed by atoms with Crippen molar-refractivity contribution in [1.29, 1.82) is 0 Å². The van der Waals surface area contributed by atoms with Gasteiger partial charge in [-0.1, -0.05) is 24.1 Å². The molecule has 0 amide bonds. The summed E-state index contributed by atoms with van der Waals surface area (Å²) in [6.45, 7) is 2.06. The molecule has 0 bridgehead atoms.